The third-order valence-electron chi connectivity index (χ3n) is 2.41. The molecule has 0 spiro atoms. The summed E-state index contributed by atoms with van der Waals surface area (Å²) < 4.78 is 21.8. The first-order valence-corrected chi connectivity index (χ1v) is 6.57. The van der Waals surface area contributed by atoms with Crippen LogP contribution in [0.25, 0.3) is 11.3 Å². The van der Waals surface area contributed by atoms with E-state index in [9.17, 15) is 4.57 Å². The second-order valence-corrected chi connectivity index (χ2v) is 5.57. The van der Waals surface area contributed by atoms with Gasteiger partial charge in [0.1, 0.15) is 5.44 Å². The molecule has 1 N–H and O–H groups in total. The molecule has 1 heterocycles. The van der Waals surface area contributed by atoms with Crippen LogP contribution in [0.3, 0.4) is 0 Å². The summed E-state index contributed by atoms with van der Waals surface area (Å²) in [6.07, 6.45) is 0. The van der Waals surface area contributed by atoms with Crippen LogP contribution < -0.4 is 5.44 Å². The van der Waals surface area contributed by atoms with Gasteiger partial charge in [-0.15, -0.1) is 0 Å². The van der Waals surface area contributed by atoms with Crippen molar-refractivity contribution >= 4 is 13.0 Å². The zero-order chi connectivity index (χ0) is 12.3. The molecule has 0 radical (unpaired) electrons. The van der Waals surface area contributed by atoms with Gasteiger partial charge in [-0.2, -0.15) is 5.10 Å². The van der Waals surface area contributed by atoms with Crippen molar-refractivity contribution in [2.75, 3.05) is 14.2 Å². The zero-order valence-electron chi connectivity index (χ0n) is 9.58. The summed E-state index contributed by atoms with van der Waals surface area (Å²) in [6.45, 7) is 0. The molecule has 0 atom stereocenters. The minimum Gasteiger partial charge on any atom is -0.308 e. The van der Waals surface area contributed by atoms with Gasteiger partial charge in [0.15, 0.2) is 0 Å². The highest BCUT2D eigenvalue weighted by Crippen LogP contribution is 2.44. The molecule has 0 aliphatic heterocycles. The van der Waals surface area contributed by atoms with Crippen LogP contribution in [0.2, 0.25) is 0 Å². The van der Waals surface area contributed by atoms with Gasteiger partial charge in [-0.05, 0) is 6.07 Å². The van der Waals surface area contributed by atoms with Crippen LogP contribution in [0, 0.1) is 0 Å². The molecule has 0 unspecified atom stereocenters. The number of hydrogen-bond acceptors (Lipinski definition) is 4. The SMILES string of the molecule is COP(=O)(OC)c1cc(-c2ccccc2)n[nH]1. The Balaban J connectivity index is 2.37. The molecular formula is C11H13N2O3P. The van der Waals surface area contributed by atoms with Crippen LogP contribution in [0.4, 0.5) is 0 Å². The van der Waals surface area contributed by atoms with E-state index in [0.29, 0.717) is 11.1 Å². The largest absolute Gasteiger partial charge is 0.378 e. The normalized spacial score (nSPS) is 11.6. The molecule has 6 heteroatoms. The van der Waals surface area contributed by atoms with Crippen LogP contribution in [-0.4, -0.2) is 24.4 Å². The Morgan fingerprint density at radius 2 is 1.82 bits per heavy atom. The third kappa shape index (κ3) is 2.31. The molecule has 2 aromatic rings. The summed E-state index contributed by atoms with van der Waals surface area (Å²) in [5.74, 6) is 0. The van der Waals surface area contributed by atoms with E-state index in [-0.39, 0.29) is 0 Å². The Hall–Kier alpha value is -1.42. The van der Waals surface area contributed by atoms with Gasteiger partial charge in [-0.3, -0.25) is 9.66 Å². The summed E-state index contributed by atoms with van der Waals surface area (Å²) in [7, 11) is -0.570. The summed E-state index contributed by atoms with van der Waals surface area (Å²) in [5, 5.41) is 6.77. The molecule has 0 saturated heterocycles. The minimum absolute atomic E-state index is 0.348. The summed E-state index contributed by atoms with van der Waals surface area (Å²) in [4.78, 5) is 0. The Morgan fingerprint density at radius 3 is 2.41 bits per heavy atom. The maximum atomic E-state index is 12.1. The molecule has 0 aliphatic carbocycles. The van der Waals surface area contributed by atoms with Crippen LogP contribution in [-0.2, 0) is 13.6 Å². The van der Waals surface area contributed by atoms with E-state index in [1.807, 2.05) is 30.3 Å². The molecule has 5 nitrogen and oxygen atoms in total. The Labute approximate surface area is 99.3 Å². The lowest BCUT2D eigenvalue weighted by atomic mass is 10.2. The van der Waals surface area contributed by atoms with Gasteiger partial charge in [-0.25, -0.2) is 0 Å². The molecule has 1 aromatic heterocycles. The highest BCUT2D eigenvalue weighted by Gasteiger charge is 2.27. The van der Waals surface area contributed by atoms with Gasteiger partial charge in [0.05, 0.1) is 5.69 Å². The van der Waals surface area contributed by atoms with Crippen LogP contribution in [0.5, 0.6) is 0 Å². The Kier molecular flexibility index (Phi) is 3.43. The maximum Gasteiger partial charge on any atom is 0.378 e. The molecular weight excluding hydrogens is 239 g/mol. The average Bonchev–Trinajstić information content (AvgIpc) is 2.89. The molecule has 0 amide bonds. The van der Waals surface area contributed by atoms with E-state index < -0.39 is 7.60 Å². The van der Waals surface area contributed by atoms with E-state index >= 15 is 0 Å². The van der Waals surface area contributed by atoms with Crippen molar-refractivity contribution < 1.29 is 13.6 Å². The van der Waals surface area contributed by atoms with E-state index in [2.05, 4.69) is 10.2 Å². The maximum absolute atomic E-state index is 12.1. The lowest BCUT2D eigenvalue weighted by molar-refractivity contribution is 0.286. The number of hydrogen-bond donors (Lipinski definition) is 1. The van der Waals surface area contributed by atoms with Crippen molar-refractivity contribution in [2.45, 2.75) is 0 Å². The molecule has 90 valence electrons. The van der Waals surface area contributed by atoms with Crippen molar-refractivity contribution in [1.29, 1.82) is 0 Å². The molecule has 0 bridgehead atoms. The summed E-state index contributed by atoms with van der Waals surface area (Å²) in [5.41, 5.74) is 1.99. The first-order chi connectivity index (χ1) is 8.19. The van der Waals surface area contributed by atoms with Crippen LogP contribution in [0.1, 0.15) is 0 Å². The molecule has 17 heavy (non-hydrogen) atoms. The van der Waals surface area contributed by atoms with Crippen molar-refractivity contribution in [3.63, 3.8) is 0 Å². The fourth-order valence-corrected chi connectivity index (χ4v) is 2.48. The highest BCUT2D eigenvalue weighted by molar-refractivity contribution is 7.61. The minimum atomic E-state index is -3.25. The van der Waals surface area contributed by atoms with Gasteiger partial charge in [0, 0.05) is 19.8 Å². The number of aromatic amines is 1. The van der Waals surface area contributed by atoms with Gasteiger partial charge >= 0.3 is 7.60 Å². The van der Waals surface area contributed by atoms with Crippen LogP contribution >= 0.6 is 7.60 Å². The topological polar surface area (TPSA) is 64.2 Å². The predicted octanol–water partition coefficient (Wildman–Crippen LogP) is 2.19. The van der Waals surface area contributed by atoms with Gasteiger partial charge in [-0.1, -0.05) is 30.3 Å². The Bertz CT molecular complexity index is 531. The lowest BCUT2D eigenvalue weighted by Crippen LogP contribution is -2.08. The van der Waals surface area contributed by atoms with Crippen molar-refractivity contribution in [1.82, 2.24) is 10.2 Å². The Morgan fingerprint density at radius 1 is 1.18 bits per heavy atom. The van der Waals surface area contributed by atoms with Gasteiger partial charge in [0.2, 0.25) is 0 Å². The van der Waals surface area contributed by atoms with E-state index in [1.165, 1.54) is 14.2 Å². The quantitative estimate of drug-likeness (QED) is 0.847. The third-order valence-corrected chi connectivity index (χ3v) is 4.19. The fourth-order valence-electron chi connectivity index (χ4n) is 1.48. The summed E-state index contributed by atoms with van der Waals surface area (Å²) >= 11 is 0. The number of aromatic nitrogens is 2. The number of nitrogens with zero attached hydrogens (tertiary/aromatic N) is 1. The molecule has 0 saturated carbocycles. The number of benzene rings is 1. The molecule has 0 fully saturated rings. The average molecular weight is 252 g/mol. The number of H-pyrrole nitrogens is 1. The number of nitrogens with one attached hydrogen (secondary N) is 1. The molecule has 0 aliphatic rings. The van der Waals surface area contributed by atoms with Crippen molar-refractivity contribution in [3.8, 4) is 11.3 Å². The summed E-state index contributed by atoms with van der Waals surface area (Å²) in [6, 6.07) is 11.3. The fraction of sp³-hybridized carbons (Fsp3) is 0.182. The number of rotatable bonds is 4. The monoisotopic (exact) mass is 252 g/mol. The molecule has 1 aromatic carbocycles. The lowest BCUT2D eigenvalue weighted by Gasteiger charge is -2.09. The predicted molar refractivity (Wildman–Crippen MR) is 65.3 cm³/mol. The first-order valence-electron chi connectivity index (χ1n) is 5.02. The van der Waals surface area contributed by atoms with Crippen molar-refractivity contribution in [3.05, 3.63) is 36.4 Å². The second-order valence-electron chi connectivity index (χ2n) is 3.37. The van der Waals surface area contributed by atoms with E-state index in [4.69, 9.17) is 9.05 Å². The molecule has 2 rings (SSSR count). The highest BCUT2D eigenvalue weighted by atomic mass is 31.2. The van der Waals surface area contributed by atoms with Gasteiger partial charge < -0.3 is 9.05 Å². The standard InChI is InChI=1S/C11H13N2O3P/c1-15-17(14,16-2)11-8-10(12-13-11)9-6-4-3-5-7-9/h3-8H,1-2H3,(H,12,13). The van der Waals surface area contributed by atoms with Crippen LogP contribution in [0.15, 0.2) is 36.4 Å². The smallest absolute Gasteiger partial charge is 0.308 e. The van der Waals surface area contributed by atoms with Crippen molar-refractivity contribution in [2.24, 2.45) is 0 Å². The second kappa shape index (κ2) is 4.84. The van der Waals surface area contributed by atoms with E-state index in [0.717, 1.165) is 5.56 Å². The van der Waals surface area contributed by atoms with E-state index in [1.54, 1.807) is 6.07 Å². The van der Waals surface area contributed by atoms with Gasteiger partial charge in [0.25, 0.3) is 0 Å². The zero-order valence-corrected chi connectivity index (χ0v) is 10.5. The first kappa shape index (κ1) is 12.0.